The molecular weight excluding hydrogens is 292 g/mol. The van der Waals surface area contributed by atoms with Crippen molar-refractivity contribution in [3.63, 3.8) is 0 Å². The van der Waals surface area contributed by atoms with Gasteiger partial charge < -0.3 is 4.74 Å². The molecule has 1 rings (SSSR count). The second-order valence-electron chi connectivity index (χ2n) is 2.81. The monoisotopic (exact) mass is 302 g/mol. The number of allylic oxidation sites excluding steroid dienone is 1. The van der Waals surface area contributed by atoms with Crippen LogP contribution in [-0.4, -0.2) is 23.7 Å². The number of esters is 1. The predicted molar refractivity (Wildman–Crippen MR) is 68.1 cm³/mol. The van der Waals surface area contributed by atoms with Crippen LogP contribution in [0.1, 0.15) is 21.5 Å². The maximum Gasteiger partial charge on any atom is 0.380 e. The van der Waals surface area contributed by atoms with Gasteiger partial charge in [0.1, 0.15) is 0 Å². The van der Waals surface area contributed by atoms with Crippen molar-refractivity contribution in [1.29, 1.82) is 0 Å². The lowest BCUT2D eigenvalue weighted by atomic mass is 10.3. The summed E-state index contributed by atoms with van der Waals surface area (Å²) in [6.07, 6.45) is 3.81. The molecule has 0 N–H and O–H groups in total. The Labute approximate surface area is 106 Å². The number of hydrogen-bond donors (Lipinski definition) is 0. The number of carbonyl (C=O) groups is 2. The molecule has 0 bridgehead atoms. The molecule has 0 saturated heterocycles. The molecule has 3 nitrogen and oxygen atoms in total. The van der Waals surface area contributed by atoms with E-state index in [2.05, 4.69) is 20.7 Å². The van der Waals surface area contributed by atoms with Crippen LogP contribution >= 0.6 is 27.3 Å². The fourth-order valence-corrected chi connectivity index (χ4v) is 2.08. The number of ether oxygens (including phenoxy) is 1. The van der Waals surface area contributed by atoms with Gasteiger partial charge in [0.15, 0.2) is 0 Å². The summed E-state index contributed by atoms with van der Waals surface area (Å²) in [5.74, 6) is -1.37. The highest BCUT2D eigenvalue weighted by Crippen LogP contribution is 2.19. The van der Waals surface area contributed by atoms with Gasteiger partial charge in [0.2, 0.25) is 0 Å². The van der Waals surface area contributed by atoms with Crippen molar-refractivity contribution in [3.8, 4) is 0 Å². The first kappa shape index (κ1) is 13.1. The van der Waals surface area contributed by atoms with E-state index in [0.717, 1.165) is 10.2 Å². The van der Waals surface area contributed by atoms with Gasteiger partial charge in [0, 0.05) is 10.2 Å². The molecular formula is C11H11BrO3S. The molecule has 5 heteroatoms. The number of hydrogen-bond acceptors (Lipinski definition) is 4. The van der Waals surface area contributed by atoms with Crippen LogP contribution < -0.4 is 0 Å². The average molecular weight is 303 g/mol. The number of ketones is 1. The van der Waals surface area contributed by atoms with Gasteiger partial charge in [-0.2, -0.15) is 0 Å². The molecule has 0 radical (unpaired) electrons. The number of Topliss-reactive ketones (excluding diaryl/α,β-unsaturated/α-hetero) is 1. The minimum atomic E-state index is -0.791. The summed E-state index contributed by atoms with van der Waals surface area (Å²) in [5.41, 5.74) is 0. The van der Waals surface area contributed by atoms with E-state index in [9.17, 15) is 9.59 Å². The van der Waals surface area contributed by atoms with Gasteiger partial charge in [-0.25, -0.2) is 4.79 Å². The van der Waals surface area contributed by atoms with Crippen LogP contribution in [0, 0.1) is 0 Å². The van der Waals surface area contributed by atoms with Crippen LogP contribution in [0.4, 0.5) is 0 Å². The third kappa shape index (κ3) is 3.57. The van der Waals surface area contributed by atoms with Gasteiger partial charge in [-0.15, -0.1) is 11.3 Å². The second-order valence-corrected chi connectivity index (χ2v) is 4.57. The lowest BCUT2D eigenvalue weighted by Gasteiger charge is -1.97. The van der Waals surface area contributed by atoms with Crippen LogP contribution in [0.5, 0.6) is 0 Å². The maximum absolute atomic E-state index is 11.5. The van der Waals surface area contributed by atoms with Crippen molar-refractivity contribution < 1.29 is 14.3 Å². The molecule has 0 aliphatic heterocycles. The highest BCUT2D eigenvalue weighted by Gasteiger charge is 2.18. The van der Waals surface area contributed by atoms with E-state index in [1.807, 2.05) is 12.2 Å². The summed E-state index contributed by atoms with van der Waals surface area (Å²) >= 11 is 4.54. The molecule has 0 aliphatic carbocycles. The van der Waals surface area contributed by atoms with Gasteiger partial charge in [0.25, 0.3) is 5.78 Å². The average Bonchev–Trinajstić information content (AvgIpc) is 2.74. The minimum absolute atomic E-state index is 0.215. The lowest BCUT2D eigenvalue weighted by Crippen LogP contribution is -2.16. The Bertz CT molecular complexity index is 409. The van der Waals surface area contributed by atoms with Crippen molar-refractivity contribution >= 4 is 45.1 Å². The van der Waals surface area contributed by atoms with Crippen LogP contribution in [0.25, 0.3) is 6.08 Å². The Hall–Kier alpha value is -0.940. The Morgan fingerprint density at radius 1 is 1.50 bits per heavy atom. The Kier molecular flexibility index (Phi) is 5.42. The summed E-state index contributed by atoms with van der Waals surface area (Å²) in [6.45, 7) is 1.88. The van der Waals surface area contributed by atoms with Crippen LogP contribution in [0.3, 0.4) is 0 Å². The number of carbonyl (C=O) groups excluding carboxylic acids is 2. The molecule has 86 valence electrons. The Morgan fingerprint density at radius 3 is 2.88 bits per heavy atom. The summed E-state index contributed by atoms with van der Waals surface area (Å²) in [5, 5.41) is 0.756. The lowest BCUT2D eigenvalue weighted by molar-refractivity contribution is -0.137. The molecule has 0 amide bonds. The predicted octanol–water partition coefficient (Wildman–Crippen LogP) is 2.90. The molecule has 16 heavy (non-hydrogen) atoms. The van der Waals surface area contributed by atoms with Crippen LogP contribution in [-0.2, 0) is 9.53 Å². The topological polar surface area (TPSA) is 43.4 Å². The van der Waals surface area contributed by atoms with Crippen LogP contribution in [0.15, 0.2) is 18.2 Å². The molecule has 0 unspecified atom stereocenters. The molecule has 0 spiro atoms. The van der Waals surface area contributed by atoms with Crippen molar-refractivity contribution in [2.75, 3.05) is 11.9 Å². The SMILES string of the molecule is CCOC(=O)C(=O)c1ccc(C=CCBr)s1. The molecule has 0 saturated carbocycles. The number of halogens is 1. The van der Waals surface area contributed by atoms with Crippen molar-refractivity contribution in [2.24, 2.45) is 0 Å². The zero-order chi connectivity index (χ0) is 12.0. The molecule has 1 aromatic heterocycles. The Balaban J connectivity index is 2.74. The van der Waals surface area contributed by atoms with E-state index in [0.29, 0.717) is 4.88 Å². The quantitative estimate of drug-likeness (QED) is 0.363. The summed E-state index contributed by atoms with van der Waals surface area (Å²) in [4.78, 5) is 24.0. The minimum Gasteiger partial charge on any atom is -0.460 e. The highest BCUT2D eigenvalue weighted by molar-refractivity contribution is 9.09. The molecule has 0 fully saturated rings. The van der Waals surface area contributed by atoms with E-state index >= 15 is 0 Å². The summed E-state index contributed by atoms with van der Waals surface area (Å²) < 4.78 is 4.64. The third-order valence-corrected chi connectivity index (χ3v) is 3.11. The fraction of sp³-hybridized carbons (Fsp3) is 0.273. The van der Waals surface area contributed by atoms with E-state index in [4.69, 9.17) is 0 Å². The van der Waals surface area contributed by atoms with Gasteiger partial charge in [-0.05, 0) is 25.1 Å². The molecule has 0 aliphatic rings. The molecule has 0 atom stereocenters. The first-order valence-electron chi connectivity index (χ1n) is 4.72. The number of rotatable bonds is 5. The number of thiophene rings is 1. The van der Waals surface area contributed by atoms with Crippen molar-refractivity contribution in [3.05, 3.63) is 28.0 Å². The summed E-state index contributed by atoms with van der Waals surface area (Å²) in [6, 6.07) is 3.44. The van der Waals surface area contributed by atoms with E-state index in [1.54, 1.807) is 19.1 Å². The van der Waals surface area contributed by atoms with Crippen molar-refractivity contribution in [1.82, 2.24) is 0 Å². The van der Waals surface area contributed by atoms with Gasteiger partial charge in [-0.3, -0.25) is 4.79 Å². The second kappa shape index (κ2) is 6.60. The standard InChI is InChI=1S/C11H11BrO3S/c1-2-15-11(14)10(13)9-6-5-8(16-9)4-3-7-12/h3-6H,2,7H2,1H3. The molecule has 1 aromatic rings. The first-order chi connectivity index (χ1) is 7.69. The largest absolute Gasteiger partial charge is 0.460 e. The molecule has 0 aromatic carbocycles. The summed E-state index contributed by atoms with van der Waals surface area (Å²) in [7, 11) is 0. The first-order valence-corrected chi connectivity index (χ1v) is 6.66. The van der Waals surface area contributed by atoms with Crippen molar-refractivity contribution in [2.45, 2.75) is 6.92 Å². The third-order valence-electron chi connectivity index (χ3n) is 1.68. The zero-order valence-electron chi connectivity index (χ0n) is 8.73. The van der Waals surface area contributed by atoms with Gasteiger partial charge in [-0.1, -0.05) is 22.0 Å². The molecule has 1 heterocycles. The van der Waals surface area contributed by atoms with Crippen LogP contribution in [0.2, 0.25) is 0 Å². The highest BCUT2D eigenvalue weighted by atomic mass is 79.9. The van der Waals surface area contributed by atoms with E-state index < -0.39 is 11.8 Å². The fourth-order valence-electron chi connectivity index (χ4n) is 1.02. The van der Waals surface area contributed by atoms with E-state index in [1.165, 1.54) is 11.3 Å². The maximum atomic E-state index is 11.5. The smallest absolute Gasteiger partial charge is 0.380 e. The number of alkyl halides is 1. The van der Waals surface area contributed by atoms with Gasteiger partial charge >= 0.3 is 5.97 Å². The Morgan fingerprint density at radius 2 is 2.25 bits per heavy atom. The zero-order valence-corrected chi connectivity index (χ0v) is 11.1. The van der Waals surface area contributed by atoms with E-state index in [-0.39, 0.29) is 6.61 Å². The van der Waals surface area contributed by atoms with Gasteiger partial charge in [0.05, 0.1) is 11.5 Å². The normalized spacial score (nSPS) is 10.6.